The van der Waals surface area contributed by atoms with Crippen molar-refractivity contribution in [1.29, 1.82) is 0 Å². The molecule has 4 nitrogen and oxygen atoms in total. The summed E-state index contributed by atoms with van der Waals surface area (Å²) in [6, 6.07) is -0.219. The zero-order valence-corrected chi connectivity index (χ0v) is 12.8. The van der Waals surface area contributed by atoms with Gasteiger partial charge in [0.15, 0.2) is 0 Å². The molecular formula is C15H30N2O2. The smallest absolute Gasteiger partial charge is 0.324 e. The third kappa shape index (κ3) is 9.51. The van der Waals surface area contributed by atoms with E-state index in [1.807, 2.05) is 0 Å². The molecule has 0 saturated heterocycles. The van der Waals surface area contributed by atoms with Crippen LogP contribution in [0.25, 0.3) is 0 Å². The Morgan fingerprint density at radius 2 is 1.37 bits per heavy atom. The first-order valence-corrected chi connectivity index (χ1v) is 7.74. The Bertz CT molecular complexity index is 247. The standard InChI is InChI=1S/C15H30N2O2/c1-4-7-10-11-14(18)16-15(19)17(12-8-5-2)13-9-6-3/h4-13H2,1-3H3,(H,16,18,19). The molecule has 0 fully saturated rings. The van der Waals surface area contributed by atoms with Gasteiger partial charge in [-0.15, -0.1) is 0 Å². The van der Waals surface area contributed by atoms with E-state index in [4.69, 9.17) is 0 Å². The fourth-order valence-corrected chi connectivity index (χ4v) is 1.81. The molecule has 0 aromatic carbocycles. The lowest BCUT2D eigenvalue weighted by molar-refractivity contribution is -0.120. The van der Waals surface area contributed by atoms with E-state index >= 15 is 0 Å². The summed E-state index contributed by atoms with van der Waals surface area (Å²) >= 11 is 0. The highest BCUT2D eigenvalue weighted by Gasteiger charge is 2.14. The Hall–Kier alpha value is -1.06. The molecule has 0 aliphatic carbocycles. The molecule has 0 aliphatic rings. The van der Waals surface area contributed by atoms with Gasteiger partial charge in [0.2, 0.25) is 5.91 Å². The number of rotatable bonds is 10. The molecule has 0 atom stereocenters. The van der Waals surface area contributed by atoms with Gasteiger partial charge in [0.25, 0.3) is 0 Å². The maximum atomic E-state index is 12.0. The first kappa shape index (κ1) is 17.9. The molecule has 0 aliphatic heterocycles. The highest BCUT2D eigenvalue weighted by atomic mass is 16.2. The summed E-state index contributed by atoms with van der Waals surface area (Å²) in [4.78, 5) is 25.4. The Kier molecular flexibility index (Phi) is 11.3. The molecule has 0 heterocycles. The normalized spacial score (nSPS) is 10.3. The van der Waals surface area contributed by atoms with Crippen LogP contribution in [0.5, 0.6) is 0 Å². The van der Waals surface area contributed by atoms with E-state index in [1.165, 1.54) is 0 Å². The van der Waals surface area contributed by atoms with Gasteiger partial charge in [-0.05, 0) is 19.3 Å². The van der Waals surface area contributed by atoms with Crippen LogP contribution in [0.3, 0.4) is 0 Å². The fraction of sp³-hybridized carbons (Fsp3) is 0.867. The Morgan fingerprint density at radius 3 is 1.84 bits per heavy atom. The monoisotopic (exact) mass is 270 g/mol. The first-order valence-electron chi connectivity index (χ1n) is 7.74. The second-order valence-electron chi connectivity index (χ2n) is 5.00. The van der Waals surface area contributed by atoms with Crippen molar-refractivity contribution in [1.82, 2.24) is 10.2 Å². The minimum Gasteiger partial charge on any atom is -0.324 e. The molecule has 0 aromatic heterocycles. The summed E-state index contributed by atoms with van der Waals surface area (Å²) < 4.78 is 0. The second kappa shape index (κ2) is 12.0. The molecule has 112 valence electrons. The highest BCUT2D eigenvalue weighted by molar-refractivity contribution is 5.94. The number of amides is 3. The van der Waals surface area contributed by atoms with Gasteiger partial charge in [-0.25, -0.2) is 4.79 Å². The van der Waals surface area contributed by atoms with Crippen molar-refractivity contribution < 1.29 is 9.59 Å². The largest absolute Gasteiger partial charge is 0.324 e. The van der Waals surface area contributed by atoms with E-state index in [0.29, 0.717) is 6.42 Å². The average molecular weight is 270 g/mol. The van der Waals surface area contributed by atoms with Crippen LogP contribution in [0, 0.1) is 0 Å². The third-order valence-electron chi connectivity index (χ3n) is 3.10. The van der Waals surface area contributed by atoms with Crippen molar-refractivity contribution in [3.05, 3.63) is 0 Å². The lowest BCUT2D eigenvalue weighted by Crippen LogP contribution is -2.43. The fourth-order valence-electron chi connectivity index (χ4n) is 1.81. The van der Waals surface area contributed by atoms with Crippen LogP contribution in [-0.4, -0.2) is 29.9 Å². The molecule has 0 rings (SSSR count). The van der Waals surface area contributed by atoms with Gasteiger partial charge >= 0.3 is 6.03 Å². The Morgan fingerprint density at radius 1 is 0.842 bits per heavy atom. The molecule has 1 N–H and O–H groups in total. The molecule has 4 heteroatoms. The minimum absolute atomic E-state index is 0.142. The van der Waals surface area contributed by atoms with Crippen LogP contribution < -0.4 is 5.32 Å². The van der Waals surface area contributed by atoms with Gasteiger partial charge in [-0.2, -0.15) is 0 Å². The number of carbonyl (C=O) groups excluding carboxylic acids is 2. The number of nitrogens with zero attached hydrogens (tertiary/aromatic N) is 1. The number of hydrogen-bond donors (Lipinski definition) is 1. The number of unbranched alkanes of at least 4 members (excludes halogenated alkanes) is 4. The number of nitrogens with one attached hydrogen (secondary N) is 1. The van der Waals surface area contributed by atoms with Gasteiger partial charge in [0.05, 0.1) is 0 Å². The minimum atomic E-state index is -0.219. The number of urea groups is 1. The molecule has 0 unspecified atom stereocenters. The van der Waals surface area contributed by atoms with E-state index < -0.39 is 0 Å². The maximum Gasteiger partial charge on any atom is 0.324 e. The van der Waals surface area contributed by atoms with Crippen LogP contribution >= 0.6 is 0 Å². The summed E-state index contributed by atoms with van der Waals surface area (Å²) in [6.07, 6.45) is 7.52. The SMILES string of the molecule is CCCCCC(=O)NC(=O)N(CCCC)CCCC. The van der Waals surface area contributed by atoms with Crippen molar-refractivity contribution in [2.45, 2.75) is 72.1 Å². The first-order chi connectivity index (χ1) is 9.15. The zero-order valence-electron chi connectivity index (χ0n) is 12.8. The lowest BCUT2D eigenvalue weighted by atomic mass is 10.2. The van der Waals surface area contributed by atoms with Crippen LogP contribution in [0.15, 0.2) is 0 Å². The van der Waals surface area contributed by atoms with Gasteiger partial charge in [-0.3, -0.25) is 10.1 Å². The van der Waals surface area contributed by atoms with E-state index in [0.717, 1.165) is 58.0 Å². The summed E-state index contributed by atoms with van der Waals surface area (Å²) in [5.74, 6) is -0.142. The summed E-state index contributed by atoms with van der Waals surface area (Å²) in [7, 11) is 0. The quantitative estimate of drug-likeness (QED) is 0.615. The topological polar surface area (TPSA) is 49.4 Å². The lowest BCUT2D eigenvalue weighted by Gasteiger charge is -2.22. The third-order valence-corrected chi connectivity index (χ3v) is 3.10. The van der Waals surface area contributed by atoms with Crippen LogP contribution in [0.1, 0.15) is 72.1 Å². The van der Waals surface area contributed by atoms with E-state index in [1.54, 1.807) is 4.90 Å². The van der Waals surface area contributed by atoms with Crippen molar-refractivity contribution >= 4 is 11.9 Å². The second-order valence-corrected chi connectivity index (χ2v) is 5.00. The molecule has 0 spiro atoms. The summed E-state index contributed by atoms with van der Waals surface area (Å²) in [6.45, 7) is 7.78. The van der Waals surface area contributed by atoms with Gasteiger partial charge in [0, 0.05) is 19.5 Å². The molecule has 3 amide bonds. The molecule has 0 aromatic rings. The number of imide groups is 1. The van der Waals surface area contributed by atoms with E-state index in [-0.39, 0.29) is 11.9 Å². The maximum absolute atomic E-state index is 12.0. The van der Waals surface area contributed by atoms with Crippen molar-refractivity contribution in [3.8, 4) is 0 Å². The molecule has 0 bridgehead atoms. The summed E-state index contributed by atoms with van der Waals surface area (Å²) in [5.41, 5.74) is 0. The molecule has 19 heavy (non-hydrogen) atoms. The van der Waals surface area contributed by atoms with E-state index in [2.05, 4.69) is 26.1 Å². The Balaban J connectivity index is 4.09. The Labute approximate surface area is 117 Å². The van der Waals surface area contributed by atoms with Crippen LogP contribution in [-0.2, 0) is 4.79 Å². The highest BCUT2D eigenvalue weighted by Crippen LogP contribution is 2.02. The molecule has 0 saturated carbocycles. The summed E-state index contributed by atoms with van der Waals surface area (Å²) in [5, 5.41) is 2.50. The van der Waals surface area contributed by atoms with Crippen LogP contribution in [0.2, 0.25) is 0 Å². The average Bonchev–Trinajstić information content (AvgIpc) is 2.39. The molecule has 0 radical (unpaired) electrons. The predicted octanol–water partition coefficient (Wildman–Crippen LogP) is 3.71. The zero-order chi connectivity index (χ0) is 14.5. The van der Waals surface area contributed by atoms with Gasteiger partial charge < -0.3 is 4.90 Å². The van der Waals surface area contributed by atoms with Gasteiger partial charge in [-0.1, -0.05) is 46.5 Å². The van der Waals surface area contributed by atoms with Crippen LogP contribution in [0.4, 0.5) is 4.79 Å². The number of hydrogen-bond acceptors (Lipinski definition) is 2. The van der Waals surface area contributed by atoms with E-state index in [9.17, 15) is 9.59 Å². The molecular weight excluding hydrogens is 240 g/mol. The predicted molar refractivity (Wildman–Crippen MR) is 79.1 cm³/mol. The van der Waals surface area contributed by atoms with Crippen molar-refractivity contribution in [2.24, 2.45) is 0 Å². The van der Waals surface area contributed by atoms with Gasteiger partial charge in [0.1, 0.15) is 0 Å². The van der Waals surface area contributed by atoms with Crippen molar-refractivity contribution in [2.75, 3.05) is 13.1 Å². The number of carbonyl (C=O) groups is 2. The van der Waals surface area contributed by atoms with Crippen molar-refractivity contribution in [3.63, 3.8) is 0 Å².